The van der Waals surface area contributed by atoms with Gasteiger partial charge in [-0.25, -0.2) is 0 Å². The molecule has 1 aliphatic rings. The van der Waals surface area contributed by atoms with Crippen molar-refractivity contribution >= 4 is 11.6 Å². The van der Waals surface area contributed by atoms with Crippen molar-refractivity contribution in [2.45, 2.75) is 6.54 Å². The summed E-state index contributed by atoms with van der Waals surface area (Å²) in [7, 11) is 0. The molecule has 2 N–H and O–H groups in total. The van der Waals surface area contributed by atoms with E-state index in [0.29, 0.717) is 5.92 Å². The van der Waals surface area contributed by atoms with Crippen LogP contribution in [0.1, 0.15) is 5.56 Å². The monoisotopic (exact) mass is 210 g/mol. The number of halogens is 1. The van der Waals surface area contributed by atoms with Gasteiger partial charge in [-0.2, -0.15) is 0 Å². The van der Waals surface area contributed by atoms with E-state index < -0.39 is 0 Å². The van der Waals surface area contributed by atoms with E-state index >= 15 is 0 Å². The van der Waals surface area contributed by atoms with Gasteiger partial charge in [-0.15, -0.1) is 0 Å². The van der Waals surface area contributed by atoms with E-state index in [4.69, 9.17) is 17.3 Å². The smallest absolute Gasteiger partial charge is 0.0409 e. The van der Waals surface area contributed by atoms with Gasteiger partial charge in [0.1, 0.15) is 0 Å². The highest BCUT2D eigenvalue weighted by Gasteiger charge is 2.24. The minimum Gasteiger partial charge on any atom is -0.330 e. The molecule has 0 radical (unpaired) electrons. The minimum absolute atomic E-state index is 0.703. The standard InChI is InChI=1S/C11H15ClN2/c12-11-3-1-2-9(4-11)6-14-7-10(5-13)8-14/h1-4,10H,5-8,13H2. The van der Waals surface area contributed by atoms with Crippen molar-refractivity contribution in [1.29, 1.82) is 0 Å². The Labute approximate surface area is 89.7 Å². The highest BCUT2D eigenvalue weighted by Crippen LogP contribution is 2.19. The van der Waals surface area contributed by atoms with Crippen molar-refractivity contribution in [3.05, 3.63) is 34.9 Å². The van der Waals surface area contributed by atoms with Crippen LogP contribution in [0.2, 0.25) is 5.02 Å². The third-order valence-electron chi connectivity index (χ3n) is 2.66. The second kappa shape index (κ2) is 4.30. The zero-order chi connectivity index (χ0) is 9.97. The number of rotatable bonds is 3. The quantitative estimate of drug-likeness (QED) is 0.824. The first-order chi connectivity index (χ1) is 6.78. The second-order valence-corrected chi connectivity index (χ2v) is 4.36. The van der Waals surface area contributed by atoms with E-state index in [0.717, 1.165) is 31.2 Å². The SMILES string of the molecule is NCC1CN(Cc2cccc(Cl)c2)C1. The summed E-state index contributed by atoms with van der Waals surface area (Å²) in [5, 5.41) is 0.818. The zero-order valence-electron chi connectivity index (χ0n) is 8.12. The van der Waals surface area contributed by atoms with Gasteiger partial charge in [0.2, 0.25) is 0 Å². The van der Waals surface area contributed by atoms with Gasteiger partial charge in [-0.1, -0.05) is 23.7 Å². The fourth-order valence-corrected chi connectivity index (χ4v) is 2.06. The lowest BCUT2D eigenvalue weighted by Crippen LogP contribution is -2.49. The van der Waals surface area contributed by atoms with Gasteiger partial charge in [-0.3, -0.25) is 4.90 Å². The number of hydrogen-bond acceptors (Lipinski definition) is 2. The predicted molar refractivity (Wildman–Crippen MR) is 59.3 cm³/mol. The second-order valence-electron chi connectivity index (χ2n) is 3.93. The van der Waals surface area contributed by atoms with Gasteiger partial charge in [-0.05, 0) is 30.2 Å². The van der Waals surface area contributed by atoms with Crippen molar-refractivity contribution in [3.8, 4) is 0 Å². The molecule has 0 atom stereocenters. The van der Waals surface area contributed by atoms with Crippen molar-refractivity contribution in [2.75, 3.05) is 19.6 Å². The summed E-state index contributed by atoms with van der Waals surface area (Å²) in [5.41, 5.74) is 6.85. The number of likely N-dealkylation sites (tertiary alicyclic amines) is 1. The maximum atomic E-state index is 5.91. The topological polar surface area (TPSA) is 29.3 Å². The lowest BCUT2D eigenvalue weighted by Gasteiger charge is -2.38. The Hall–Kier alpha value is -0.570. The Morgan fingerprint density at radius 1 is 1.43 bits per heavy atom. The van der Waals surface area contributed by atoms with Crippen LogP contribution in [0, 0.1) is 5.92 Å². The maximum absolute atomic E-state index is 5.91. The van der Waals surface area contributed by atoms with Gasteiger partial charge in [0, 0.05) is 24.7 Å². The summed E-state index contributed by atoms with van der Waals surface area (Å²) in [6.07, 6.45) is 0. The Morgan fingerprint density at radius 3 is 2.86 bits per heavy atom. The Kier molecular flexibility index (Phi) is 3.06. The average Bonchev–Trinajstić information content (AvgIpc) is 2.10. The van der Waals surface area contributed by atoms with E-state index in [-0.39, 0.29) is 0 Å². The summed E-state index contributed by atoms with van der Waals surface area (Å²) >= 11 is 5.91. The van der Waals surface area contributed by atoms with Crippen LogP contribution in [0.3, 0.4) is 0 Å². The predicted octanol–water partition coefficient (Wildman–Crippen LogP) is 1.73. The molecular weight excluding hydrogens is 196 g/mol. The summed E-state index contributed by atoms with van der Waals surface area (Å²) in [5.74, 6) is 0.703. The fraction of sp³-hybridized carbons (Fsp3) is 0.455. The Balaban J connectivity index is 1.87. The molecule has 0 aromatic heterocycles. The largest absolute Gasteiger partial charge is 0.330 e. The molecule has 1 heterocycles. The molecule has 1 aromatic carbocycles. The van der Waals surface area contributed by atoms with Gasteiger partial charge >= 0.3 is 0 Å². The number of benzene rings is 1. The zero-order valence-corrected chi connectivity index (χ0v) is 8.87. The van der Waals surface area contributed by atoms with Crippen LogP contribution >= 0.6 is 11.6 Å². The summed E-state index contributed by atoms with van der Waals surface area (Å²) in [6.45, 7) is 4.06. The molecule has 2 nitrogen and oxygen atoms in total. The lowest BCUT2D eigenvalue weighted by molar-refractivity contribution is 0.0979. The van der Waals surface area contributed by atoms with E-state index in [1.54, 1.807) is 0 Å². The molecule has 3 heteroatoms. The molecule has 1 saturated heterocycles. The van der Waals surface area contributed by atoms with Crippen LogP contribution in [0.4, 0.5) is 0 Å². The molecule has 0 bridgehead atoms. The van der Waals surface area contributed by atoms with Gasteiger partial charge in [0.15, 0.2) is 0 Å². The normalized spacial score (nSPS) is 18.1. The van der Waals surface area contributed by atoms with E-state index in [1.165, 1.54) is 5.56 Å². The van der Waals surface area contributed by atoms with Crippen molar-refractivity contribution in [2.24, 2.45) is 11.7 Å². The molecule has 2 rings (SSSR count). The molecule has 76 valence electrons. The molecule has 1 fully saturated rings. The average molecular weight is 211 g/mol. The summed E-state index contributed by atoms with van der Waals surface area (Å²) < 4.78 is 0. The first-order valence-corrected chi connectivity index (χ1v) is 5.32. The number of hydrogen-bond donors (Lipinski definition) is 1. The van der Waals surface area contributed by atoms with Gasteiger partial charge in [0.05, 0.1) is 0 Å². The van der Waals surface area contributed by atoms with E-state index in [1.807, 2.05) is 18.2 Å². The van der Waals surface area contributed by atoms with Crippen LogP contribution in [0.5, 0.6) is 0 Å². The Morgan fingerprint density at radius 2 is 2.21 bits per heavy atom. The molecular formula is C11H15ClN2. The molecule has 0 aliphatic carbocycles. The fourth-order valence-electron chi connectivity index (χ4n) is 1.85. The molecule has 0 amide bonds. The third-order valence-corrected chi connectivity index (χ3v) is 2.90. The van der Waals surface area contributed by atoms with E-state index in [9.17, 15) is 0 Å². The Bertz CT molecular complexity index is 308. The summed E-state index contributed by atoms with van der Waals surface area (Å²) in [6, 6.07) is 8.04. The third kappa shape index (κ3) is 2.27. The van der Waals surface area contributed by atoms with Gasteiger partial charge in [0.25, 0.3) is 0 Å². The van der Waals surface area contributed by atoms with Crippen molar-refractivity contribution < 1.29 is 0 Å². The van der Waals surface area contributed by atoms with Gasteiger partial charge < -0.3 is 5.73 Å². The van der Waals surface area contributed by atoms with Crippen LogP contribution in [0.25, 0.3) is 0 Å². The molecule has 1 aliphatic heterocycles. The van der Waals surface area contributed by atoms with Crippen LogP contribution in [-0.4, -0.2) is 24.5 Å². The maximum Gasteiger partial charge on any atom is 0.0409 e. The first kappa shape index (κ1) is 9.97. The van der Waals surface area contributed by atoms with E-state index in [2.05, 4.69) is 11.0 Å². The highest BCUT2D eigenvalue weighted by molar-refractivity contribution is 6.30. The lowest BCUT2D eigenvalue weighted by atomic mass is 10.00. The molecule has 0 saturated carbocycles. The minimum atomic E-state index is 0.703. The van der Waals surface area contributed by atoms with Crippen LogP contribution < -0.4 is 5.73 Å². The van der Waals surface area contributed by atoms with Crippen molar-refractivity contribution in [3.63, 3.8) is 0 Å². The summed E-state index contributed by atoms with van der Waals surface area (Å²) in [4.78, 5) is 2.39. The molecule has 1 aromatic rings. The molecule has 0 spiro atoms. The van der Waals surface area contributed by atoms with Crippen LogP contribution in [-0.2, 0) is 6.54 Å². The number of nitrogens with zero attached hydrogens (tertiary/aromatic N) is 1. The molecule has 14 heavy (non-hydrogen) atoms. The van der Waals surface area contributed by atoms with Crippen molar-refractivity contribution in [1.82, 2.24) is 4.90 Å². The number of nitrogens with two attached hydrogens (primary N) is 1. The highest BCUT2D eigenvalue weighted by atomic mass is 35.5. The molecule has 0 unspecified atom stereocenters. The van der Waals surface area contributed by atoms with Crippen LogP contribution in [0.15, 0.2) is 24.3 Å². The first-order valence-electron chi connectivity index (χ1n) is 4.95.